The molecular weight excluding hydrogens is 446 g/mol. The standard InChI is InChI=1S/C28H29NO6/c1-2-34-27(32)19-9-7-8-18(16-19)26(31)25(30)14-15-29-28(33)35-17-24-22-12-5-3-10-20(22)21-11-4-6-13-23(21)24/h3-13,16,24-26,30-31H,2,14-15,17H2,1H3,(H,29,33). The van der Waals surface area contributed by atoms with Crippen LogP contribution in [0.15, 0.2) is 72.8 Å². The number of amides is 1. The molecule has 2 unspecified atom stereocenters. The lowest BCUT2D eigenvalue weighted by atomic mass is 9.98. The van der Waals surface area contributed by atoms with Gasteiger partial charge in [0.15, 0.2) is 0 Å². The average Bonchev–Trinajstić information content (AvgIpc) is 3.21. The summed E-state index contributed by atoms with van der Waals surface area (Å²) in [5.74, 6) is -0.528. The lowest BCUT2D eigenvalue weighted by molar-refractivity contribution is 0.0135. The Morgan fingerprint density at radius 3 is 2.23 bits per heavy atom. The monoisotopic (exact) mass is 475 g/mol. The number of alkyl carbamates (subject to hydrolysis) is 1. The van der Waals surface area contributed by atoms with Gasteiger partial charge in [-0.2, -0.15) is 0 Å². The molecule has 7 nitrogen and oxygen atoms in total. The quantitative estimate of drug-likeness (QED) is 0.401. The van der Waals surface area contributed by atoms with Gasteiger partial charge in [0.05, 0.1) is 18.3 Å². The highest BCUT2D eigenvalue weighted by Crippen LogP contribution is 2.44. The van der Waals surface area contributed by atoms with Crippen molar-refractivity contribution in [3.8, 4) is 11.1 Å². The molecule has 4 rings (SSSR count). The molecule has 1 amide bonds. The number of carbonyl (C=O) groups excluding carboxylic acids is 2. The van der Waals surface area contributed by atoms with E-state index in [0.29, 0.717) is 11.1 Å². The van der Waals surface area contributed by atoms with E-state index in [9.17, 15) is 19.8 Å². The molecule has 1 aliphatic carbocycles. The second-order valence-electron chi connectivity index (χ2n) is 8.40. The summed E-state index contributed by atoms with van der Waals surface area (Å²) in [7, 11) is 0. The van der Waals surface area contributed by atoms with Crippen LogP contribution < -0.4 is 5.32 Å². The molecule has 0 fully saturated rings. The van der Waals surface area contributed by atoms with E-state index in [1.165, 1.54) is 6.07 Å². The van der Waals surface area contributed by atoms with Crippen LogP contribution in [-0.2, 0) is 9.47 Å². The minimum absolute atomic E-state index is 0.0350. The van der Waals surface area contributed by atoms with Gasteiger partial charge in [-0.3, -0.25) is 0 Å². The van der Waals surface area contributed by atoms with Crippen LogP contribution in [0.1, 0.15) is 52.4 Å². The highest BCUT2D eigenvalue weighted by molar-refractivity contribution is 5.89. The van der Waals surface area contributed by atoms with Gasteiger partial charge < -0.3 is 25.0 Å². The molecule has 3 aromatic rings. The predicted molar refractivity (Wildman–Crippen MR) is 131 cm³/mol. The molecule has 35 heavy (non-hydrogen) atoms. The lowest BCUT2D eigenvalue weighted by Crippen LogP contribution is -2.30. The first-order chi connectivity index (χ1) is 17.0. The highest BCUT2D eigenvalue weighted by Gasteiger charge is 2.29. The number of fused-ring (bicyclic) bond motifs is 3. The summed E-state index contributed by atoms with van der Waals surface area (Å²) in [5.41, 5.74) is 5.26. The van der Waals surface area contributed by atoms with E-state index in [2.05, 4.69) is 29.6 Å². The molecule has 2 atom stereocenters. The number of nitrogens with one attached hydrogen (secondary N) is 1. The maximum atomic E-state index is 12.3. The fraction of sp³-hybridized carbons (Fsp3) is 0.286. The normalized spacial score (nSPS) is 13.9. The summed E-state index contributed by atoms with van der Waals surface area (Å²) < 4.78 is 10.5. The summed E-state index contributed by atoms with van der Waals surface area (Å²) in [6.07, 6.45) is -2.83. The molecule has 0 bridgehead atoms. The molecule has 0 spiro atoms. The van der Waals surface area contributed by atoms with Gasteiger partial charge in [0, 0.05) is 12.5 Å². The summed E-state index contributed by atoms with van der Waals surface area (Å²) in [5, 5.41) is 23.5. The zero-order valence-corrected chi connectivity index (χ0v) is 19.5. The minimum atomic E-state index is -1.21. The van der Waals surface area contributed by atoms with Crippen molar-refractivity contribution in [1.82, 2.24) is 5.32 Å². The minimum Gasteiger partial charge on any atom is -0.462 e. The van der Waals surface area contributed by atoms with Gasteiger partial charge in [0.2, 0.25) is 0 Å². The number of aliphatic hydroxyl groups is 2. The molecule has 0 aromatic heterocycles. The van der Waals surface area contributed by atoms with E-state index < -0.39 is 24.3 Å². The Balaban J connectivity index is 1.27. The molecular formula is C28H29NO6. The van der Waals surface area contributed by atoms with Gasteiger partial charge in [0.25, 0.3) is 0 Å². The van der Waals surface area contributed by atoms with Crippen LogP contribution in [0.3, 0.4) is 0 Å². The first-order valence-corrected chi connectivity index (χ1v) is 11.7. The topological polar surface area (TPSA) is 105 Å². The van der Waals surface area contributed by atoms with Gasteiger partial charge in [-0.05, 0) is 53.3 Å². The van der Waals surface area contributed by atoms with Crippen LogP contribution in [0.2, 0.25) is 0 Å². The maximum Gasteiger partial charge on any atom is 0.407 e. The van der Waals surface area contributed by atoms with Gasteiger partial charge in [-0.15, -0.1) is 0 Å². The third-order valence-corrected chi connectivity index (χ3v) is 6.16. The van der Waals surface area contributed by atoms with Crippen LogP contribution in [-0.4, -0.2) is 48.1 Å². The first-order valence-electron chi connectivity index (χ1n) is 11.7. The largest absolute Gasteiger partial charge is 0.462 e. The average molecular weight is 476 g/mol. The van der Waals surface area contributed by atoms with Crippen molar-refractivity contribution in [2.24, 2.45) is 0 Å². The number of esters is 1. The van der Waals surface area contributed by atoms with E-state index in [0.717, 1.165) is 22.3 Å². The smallest absolute Gasteiger partial charge is 0.407 e. The molecule has 0 aliphatic heterocycles. The summed E-state index contributed by atoms with van der Waals surface area (Å²) in [6, 6.07) is 22.5. The Bertz CT molecular complexity index is 1150. The number of aliphatic hydroxyl groups excluding tert-OH is 2. The van der Waals surface area contributed by atoms with E-state index in [1.807, 2.05) is 24.3 Å². The molecule has 0 saturated heterocycles. The third-order valence-electron chi connectivity index (χ3n) is 6.16. The van der Waals surface area contributed by atoms with Crippen LogP contribution in [0, 0.1) is 0 Å². The third kappa shape index (κ3) is 5.53. The van der Waals surface area contributed by atoms with Crippen LogP contribution in [0.5, 0.6) is 0 Å². The molecule has 1 aliphatic rings. The fourth-order valence-electron chi connectivity index (χ4n) is 4.42. The molecule has 3 aromatic carbocycles. The number of carbonyl (C=O) groups is 2. The van der Waals surface area contributed by atoms with Gasteiger partial charge in [-0.25, -0.2) is 9.59 Å². The van der Waals surface area contributed by atoms with E-state index >= 15 is 0 Å². The maximum absolute atomic E-state index is 12.3. The van der Waals surface area contributed by atoms with Crippen molar-refractivity contribution < 1.29 is 29.3 Å². The first kappa shape index (κ1) is 24.4. The van der Waals surface area contributed by atoms with Crippen molar-refractivity contribution in [3.05, 3.63) is 95.1 Å². The van der Waals surface area contributed by atoms with Crippen LogP contribution >= 0.6 is 0 Å². The van der Waals surface area contributed by atoms with Gasteiger partial charge in [-0.1, -0.05) is 60.7 Å². The zero-order chi connectivity index (χ0) is 24.8. The highest BCUT2D eigenvalue weighted by atomic mass is 16.5. The Labute approximate surface area is 204 Å². The second-order valence-corrected chi connectivity index (χ2v) is 8.40. The SMILES string of the molecule is CCOC(=O)c1cccc(C(O)C(O)CCNC(=O)OCC2c3ccccc3-c3ccccc32)c1. The zero-order valence-electron chi connectivity index (χ0n) is 19.5. The Morgan fingerprint density at radius 2 is 1.57 bits per heavy atom. The van der Waals surface area contributed by atoms with Gasteiger partial charge >= 0.3 is 12.1 Å². The van der Waals surface area contributed by atoms with Crippen LogP contribution in [0.4, 0.5) is 4.79 Å². The molecule has 182 valence electrons. The molecule has 7 heteroatoms. The number of hydrogen-bond donors (Lipinski definition) is 3. The van der Waals surface area contributed by atoms with Crippen molar-refractivity contribution in [2.45, 2.75) is 31.5 Å². The van der Waals surface area contributed by atoms with Crippen LogP contribution in [0.25, 0.3) is 11.1 Å². The van der Waals surface area contributed by atoms with Crippen molar-refractivity contribution in [2.75, 3.05) is 19.8 Å². The Morgan fingerprint density at radius 1 is 0.914 bits per heavy atom. The van der Waals surface area contributed by atoms with Crippen molar-refractivity contribution in [3.63, 3.8) is 0 Å². The van der Waals surface area contributed by atoms with E-state index in [4.69, 9.17) is 9.47 Å². The number of hydrogen-bond acceptors (Lipinski definition) is 6. The van der Waals surface area contributed by atoms with Crippen molar-refractivity contribution >= 4 is 12.1 Å². The number of ether oxygens (including phenoxy) is 2. The summed E-state index contributed by atoms with van der Waals surface area (Å²) in [4.78, 5) is 24.2. The fourth-order valence-corrected chi connectivity index (χ4v) is 4.42. The van der Waals surface area contributed by atoms with Crippen molar-refractivity contribution in [1.29, 1.82) is 0 Å². The Kier molecular flexibility index (Phi) is 7.80. The number of benzene rings is 3. The molecule has 0 radical (unpaired) electrons. The summed E-state index contributed by atoms with van der Waals surface area (Å²) >= 11 is 0. The van der Waals surface area contributed by atoms with Gasteiger partial charge in [0.1, 0.15) is 12.7 Å². The molecule has 0 heterocycles. The summed E-state index contributed by atoms with van der Waals surface area (Å²) in [6.45, 7) is 2.28. The second kappa shape index (κ2) is 11.2. The Hall–Kier alpha value is -3.68. The molecule has 0 saturated carbocycles. The molecule has 3 N–H and O–H groups in total. The lowest BCUT2D eigenvalue weighted by Gasteiger charge is -2.19. The predicted octanol–water partition coefficient (Wildman–Crippen LogP) is 4.19. The number of rotatable bonds is 9. The van der Waals surface area contributed by atoms with E-state index in [1.54, 1.807) is 25.1 Å². The van der Waals surface area contributed by atoms with E-state index in [-0.39, 0.29) is 32.1 Å².